The fourth-order valence-corrected chi connectivity index (χ4v) is 4.39. The van der Waals surface area contributed by atoms with Gasteiger partial charge in [0, 0.05) is 23.4 Å². The minimum Gasteiger partial charge on any atom is -0.302 e. The number of anilines is 1. The molecule has 10 heteroatoms. The lowest BCUT2D eigenvalue weighted by Gasteiger charge is -2.06. The van der Waals surface area contributed by atoms with Crippen LogP contribution in [0.15, 0.2) is 53.4 Å². The molecule has 29 heavy (non-hydrogen) atoms. The van der Waals surface area contributed by atoms with E-state index in [1.807, 2.05) is 6.92 Å². The van der Waals surface area contributed by atoms with Crippen LogP contribution in [0.25, 0.3) is 11.3 Å². The predicted octanol–water partition coefficient (Wildman–Crippen LogP) is 3.70. The molecule has 0 saturated carbocycles. The molecule has 0 bridgehead atoms. The van der Waals surface area contributed by atoms with Crippen molar-refractivity contribution in [1.82, 2.24) is 9.71 Å². The number of carbonyl (C=O) groups excluding carboxylic acids is 1. The first-order valence-corrected chi connectivity index (χ1v) is 10.8. The molecule has 0 aliphatic heterocycles. The second-order valence-electron chi connectivity index (χ2n) is 6.08. The molecule has 0 fully saturated rings. The second-order valence-corrected chi connectivity index (χ2v) is 9.05. The van der Waals surface area contributed by atoms with Gasteiger partial charge in [-0.2, -0.15) is 0 Å². The summed E-state index contributed by atoms with van der Waals surface area (Å²) < 4.78 is 52.5. The Morgan fingerprint density at radius 1 is 1.03 bits per heavy atom. The summed E-state index contributed by atoms with van der Waals surface area (Å²) in [5, 5.41) is 3.00. The Balaban J connectivity index is 1.56. The van der Waals surface area contributed by atoms with Gasteiger partial charge < -0.3 is 5.32 Å². The van der Waals surface area contributed by atoms with Crippen molar-refractivity contribution in [2.24, 2.45) is 0 Å². The highest BCUT2D eigenvalue weighted by atomic mass is 32.2. The van der Waals surface area contributed by atoms with Crippen LogP contribution < -0.4 is 10.0 Å². The minimum absolute atomic E-state index is 0.0844. The van der Waals surface area contributed by atoms with Gasteiger partial charge in [0.25, 0.3) is 0 Å². The smallest absolute Gasteiger partial charge is 0.240 e. The standard InChI is InChI=1S/C19H17F2N3O3S2/c1-12-18(13-2-4-14(20)5-3-13)24-19(28-12)23-17(25)10-11-22-29(26,27)16-8-6-15(21)7-9-16/h2-9,22H,10-11H2,1H3,(H,23,24,25). The largest absolute Gasteiger partial charge is 0.302 e. The third-order valence-electron chi connectivity index (χ3n) is 3.93. The third kappa shape index (κ3) is 5.43. The van der Waals surface area contributed by atoms with Crippen LogP contribution in [0.2, 0.25) is 0 Å². The summed E-state index contributed by atoms with van der Waals surface area (Å²) in [6.45, 7) is 1.71. The number of thiazole rings is 1. The number of aromatic nitrogens is 1. The molecule has 2 aromatic carbocycles. The van der Waals surface area contributed by atoms with E-state index < -0.39 is 21.7 Å². The topological polar surface area (TPSA) is 88.2 Å². The van der Waals surface area contributed by atoms with Crippen LogP contribution in [0.3, 0.4) is 0 Å². The number of amides is 1. The van der Waals surface area contributed by atoms with E-state index >= 15 is 0 Å². The maximum Gasteiger partial charge on any atom is 0.240 e. The molecule has 3 aromatic rings. The molecular weight excluding hydrogens is 420 g/mol. The van der Waals surface area contributed by atoms with Gasteiger partial charge in [-0.15, -0.1) is 11.3 Å². The summed E-state index contributed by atoms with van der Waals surface area (Å²) in [5.74, 6) is -1.30. The number of aryl methyl sites for hydroxylation is 1. The molecule has 6 nitrogen and oxygen atoms in total. The van der Waals surface area contributed by atoms with Gasteiger partial charge in [-0.1, -0.05) is 0 Å². The molecule has 0 aliphatic carbocycles. The Kier molecular flexibility index (Phi) is 6.36. The molecule has 0 unspecified atom stereocenters. The Morgan fingerprint density at radius 3 is 2.24 bits per heavy atom. The number of nitrogens with one attached hydrogen (secondary N) is 2. The monoisotopic (exact) mass is 437 g/mol. The van der Waals surface area contributed by atoms with E-state index in [4.69, 9.17) is 0 Å². The van der Waals surface area contributed by atoms with Crippen LogP contribution in [-0.2, 0) is 14.8 Å². The van der Waals surface area contributed by atoms with E-state index in [9.17, 15) is 22.0 Å². The van der Waals surface area contributed by atoms with Gasteiger partial charge in [-0.25, -0.2) is 26.9 Å². The van der Waals surface area contributed by atoms with Crippen LogP contribution in [0.1, 0.15) is 11.3 Å². The van der Waals surface area contributed by atoms with Crippen LogP contribution in [0.5, 0.6) is 0 Å². The predicted molar refractivity (Wildman–Crippen MR) is 107 cm³/mol. The van der Waals surface area contributed by atoms with Crippen molar-refractivity contribution in [3.63, 3.8) is 0 Å². The normalized spacial score (nSPS) is 11.4. The van der Waals surface area contributed by atoms with Crippen LogP contribution in [0, 0.1) is 18.6 Å². The van der Waals surface area contributed by atoms with E-state index in [0.29, 0.717) is 10.8 Å². The van der Waals surface area contributed by atoms with Gasteiger partial charge in [0.1, 0.15) is 11.6 Å². The highest BCUT2D eigenvalue weighted by molar-refractivity contribution is 7.89. The minimum atomic E-state index is -3.83. The SMILES string of the molecule is Cc1sc(NC(=O)CCNS(=O)(=O)c2ccc(F)cc2)nc1-c1ccc(F)cc1. The van der Waals surface area contributed by atoms with Gasteiger partial charge in [-0.3, -0.25) is 4.79 Å². The zero-order valence-corrected chi connectivity index (χ0v) is 16.9. The number of hydrogen-bond donors (Lipinski definition) is 2. The number of carbonyl (C=O) groups is 1. The Labute approximate surface area is 170 Å². The molecule has 0 aliphatic rings. The van der Waals surface area contributed by atoms with Crippen molar-refractivity contribution >= 4 is 32.4 Å². The fraction of sp³-hybridized carbons (Fsp3) is 0.158. The first-order valence-electron chi connectivity index (χ1n) is 8.53. The summed E-state index contributed by atoms with van der Waals surface area (Å²) in [5.41, 5.74) is 1.37. The molecule has 1 aromatic heterocycles. The van der Waals surface area contributed by atoms with Crippen LogP contribution in [-0.4, -0.2) is 25.9 Å². The first kappa shape index (κ1) is 21.0. The lowest BCUT2D eigenvalue weighted by atomic mass is 10.1. The average Bonchev–Trinajstić information content (AvgIpc) is 3.02. The van der Waals surface area contributed by atoms with Crippen molar-refractivity contribution in [3.8, 4) is 11.3 Å². The van der Waals surface area contributed by atoms with E-state index in [2.05, 4.69) is 15.0 Å². The Hall–Kier alpha value is -2.69. The van der Waals surface area contributed by atoms with Crippen molar-refractivity contribution in [2.45, 2.75) is 18.2 Å². The maximum absolute atomic E-state index is 13.1. The zero-order valence-electron chi connectivity index (χ0n) is 15.3. The quantitative estimate of drug-likeness (QED) is 0.590. The van der Waals surface area contributed by atoms with Crippen molar-refractivity contribution in [3.05, 3.63) is 65.0 Å². The zero-order chi connectivity index (χ0) is 21.0. The summed E-state index contributed by atoms with van der Waals surface area (Å²) >= 11 is 1.27. The molecule has 0 atom stereocenters. The maximum atomic E-state index is 13.1. The van der Waals surface area contributed by atoms with Crippen LogP contribution >= 0.6 is 11.3 Å². The molecule has 3 rings (SSSR count). The molecule has 0 saturated heterocycles. The highest BCUT2D eigenvalue weighted by Crippen LogP contribution is 2.30. The molecule has 0 radical (unpaired) electrons. The lowest BCUT2D eigenvalue weighted by molar-refractivity contribution is -0.116. The van der Waals surface area contributed by atoms with Crippen LogP contribution in [0.4, 0.5) is 13.9 Å². The molecule has 2 N–H and O–H groups in total. The van der Waals surface area contributed by atoms with E-state index in [1.165, 1.54) is 23.5 Å². The van der Waals surface area contributed by atoms with Crippen molar-refractivity contribution < 1.29 is 22.0 Å². The summed E-state index contributed by atoms with van der Waals surface area (Å²) in [4.78, 5) is 17.2. The Bertz CT molecular complexity index is 1110. The second kappa shape index (κ2) is 8.76. The number of hydrogen-bond acceptors (Lipinski definition) is 5. The third-order valence-corrected chi connectivity index (χ3v) is 6.29. The molecule has 1 amide bonds. The van der Waals surface area contributed by atoms with Crippen molar-refractivity contribution in [2.75, 3.05) is 11.9 Å². The summed E-state index contributed by atoms with van der Waals surface area (Å²) in [7, 11) is -3.83. The van der Waals surface area contributed by atoms with E-state index in [1.54, 1.807) is 12.1 Å². The van der Waals surface area contributed by atoms with Gasteiger partial charge in [0.2, 0.25) is 15.9 Å². The fourth-order valence-electron chi connectivity index (χ4n) is 2.50. The molecule has 1 heterocycles. The molecule has 152 valence electrons. The number of benzene rings is 2. The highest BCUT2D eigenvalue weighted by Gasteiger charge is 2.16. The summed E-state index contributed by atoms with van der Waals surface area (Å²) in [6.07, 6.45) is -0.106. The lowest BCUT2D eigenvalue weighted by Crippen LogP contribution is -2.27. The van der Waals surface area contributed by atoms with Gasteiger partial charge in [0.05, 0.1) is 10.6 Å². The van der Waals surface area contributed by atoms with Gasteiger partial charge in [-0.05, 0) is 55.5 Å². The average molecular weight is 437 g/mol. The van der Waals surface area contributed by atoms with Crippen molar-refractivity contribution in [1.29, 1.82) is 0 Å². The number of sulfonamides is 1. The number of halogens is 2. The van der Waals surface area contributed by atoms with E-state index in [0.717, 1.165) is 34.7 Å². The van der Waals surface area contributed by atoms with E-state index in [-0.39, 0.29) is 23.7 Å². The first-order chi connectivity index (χ1) is 13.7. The number of rotatable bonds is 7. The summed E-state index contributed by atoms with van der Waals surface area (Å²) in [6, 6.07) is 10.3. The van der Waals surface area contributed by atoms with Gasteiger partial charge in [0.15, 0.2) is 5.13 Å². The Morgan fingerprint density at radius 2 is 1.62 bits per heavy atom. The number of nitrogens with zero attached hydrogens (tertiary/aromatic N) is 1. The van der Waals surface area contributed by atoms with Gasteiger partial charge >= 0.3 is 0 Å². The molecular formula is C19H17F2N3O3S2. The molecule has 0 spiro atoms.